The zero-order valence-electron chi connectivity index (χ0n) is 20.1. The van der Waals surface area contributed by atoms with Gasteiger partial charge in [0.2, 0.25) is 11.7 Å². The number of benzene rings is 2. The molecule has 2 aliphatic heterocycles. The zero-order chi connectivity index (χ0) is 23.7. The summed E-state index contributed by atoms with van der Waals surface area (Å²) < 4.78 is 17.8. The lowest BCUT2D eigenvalue weighted by atomic mass is 9.83. The van der Waals surface area contributed by atoms with Gasteiger partial charge in [-0.2, -0.15) is 0 Å². The van der Waals surface area contributed by atoms with Crippen LogP contribution in [0.25, 0.3) is 10.1 Å². The van der Waals surface area contributed by atoms with E-state index in [1.807, 2.05) is 23.5 Å². The van der Waals surface area contributed by atoms with Gasteiger partial charge >= 0.3 is 0 Å². The molecule has 2 fully saturated rings. The van der Waals surface area contributed by atoms with Gasteiger partial charge in [0, 0.05) is 48.2 Å². The monoisotopic (exact) mass is 480 g/mol. The minimum atomic E-state index is 0.243. The van der Waals surface area contributed by atoms with Gasteiger partial charge in [0.05, 0.1) is 21.3 Å². The number of methoxy groups -OCH3 is 3. The van der Waals surface area contributed by atoms with Crippen LogP contribution < -0.4 is 14.2 Å². The first-order valence-electron chi connectivity index (χ1n) is 11.9. The van der Waals surface area contributed by atoms with Crippen LogP contribution in [0.4, 0.5) is 0 Å². The predicted octanol–water partition coefficient (Wildman–Crippen LogP) is 4.94. The van der Waals surface area contributed by atoms with E-state index >= 15 is 0 Å². The Morgan fingerprint density at radius 3 is 2.44 bits per heavy atom. The van der Waals surface area contributed by atoms with E-state index in [1.165, 1.54) is 15.0 Å². The average molecular weight is 481 g/mol. The summed E-state index contributed by atoms with van der Waals surface area (Å²) in [5.41, 5.74) is 0.996. The van der Waals surface area contributed by atoms with Crippen LogP contribution in [0, 0.1) is 5.92 Å². The first kappa shape index (κ1) is 23.0. The van der Waals surface area contributed by atoms with Crippen molar-refractivity contribution in [2.45, 2.75) is 38.4 Å². The molecule has 0 unspecified atom stereocenters. The van der Waals surface area contributed by atoms with E-state index < -0.39 is 0 Å². The predicted molar refractivity (Wildman–Crippen MR) is 135 cm³/mol. The van der Waals surface area contributed by atoms with E-state index in [9.17, 15) is 4.79 Å². The first-order valence-corrected chi connectivity index (χ1v) is 12.7. The smallest absolute Gasteiger partial charge is 0.223 e. The summed E-state index contributed by atoms with van der Waals surface area (Å²) >= 11 is 1.89. The third-order valence-corrected chi connectivity index (χ3v) is 8.26. The maximum Gasteiger partial charge on any atom is 0.223 e. The molecule has 2 aromatic carbocycles. The van der Waals surface area contributed by atoms with Crippen molar-refractivity contribution in [3.63, 3.8) is 0 Å². The Hall–Kier alpha value is -2.77. The number of ether oxygens (including phenoxy) is 3. The highest BCUT2D eigenvalue weighted by atomic mass is 32.1. The normalized spacial score (nSPS) is 20.9. The number of piperidine rings is 2. The van der Waals surface area contributed by atoms with Gasteiger partial charge in [-0.15, -0.1) is 11.3 Å². The summed E-state index contributed by atoms with van der Waals surface area (Å²) in [5, 5.41) is 1.33. The molecular formula is C27H32N2O4S. The number of carbonyl (C=O) groups is 1. The Kier molecular flexibility index (Phi) is 6.66. The molecule has 3 aromatic rings. The summed E-state index contributed by atoms with van der Waals surface area (Å²) in [4.78, 5) is 19.1. The maximum atomic E-state index is 13.0. The molecule has 1 aromatic heterocycles. The van der Waals surface area contributed by atoms with Crippen LogP contribution in [0.5, 0.6) is 17.2 Å². The SMILES string of the molecule is COc1cc(CN2C(=O)CC[C@@H]3CN(Cc4cc5ccccc5s4)CC[C@@H]32)cc(OC)c1OC. The van der Waals surface area contributed by atoms with Crippen LogP contribution in [0.2, 0.25) is 0 Å². The molecule has 0 spiro atoms. The molecule has 5 rings (SSSR count). The van der Waals surface area contributed by atoms with Gasteiger partial charge in [-0.1, -0.05) is 18.2 Å². The van der Waals surface area contributed by atoms with Crippen molar-refractivity contribution in [3.05, 3.63) is 52.9 Å². The lowest BCUT2D eigenvalue weighted by Gasteiger charge is -2.47. The van der Waals surface area contributed by atoms with Crippen molar-refractivity contribution >= 4 is 27.3 Å². The van der Waals surface area contributed by atoms with Crippen molar-refractivity contribution in [3.8, 4) is 17.2 Å². The number of nitrogens with zero attached hydrogens (tertiary/aromatic N) is 2. The number of fused-ring (bicyclic) bond motifs is 2. The van der Waals surface area contributed by atoms with E-state index in [0.717, 1.165) is 38.0 Å². The second-order valence-corrected chi connectivity index (χ2v) is 10.4. The topological polar surface area (TPSA) is 51.2 Å². The minimum absolute atomic E-state index is 0.243. The molecule has 0 radical (unpaired) electrons. The van der Waals surface area contributed by atoms with Gasteiger partial charge in [0.15, 0.2) is 11.5 Å². The van der Waals surface area contributed by atoms with E-state index in [1.54, 1.807) is 21.3 Å². The molecule has 34 heavy (non-hydrogen) atoms. The summed E-state index contributed by atoms with van der Waals surface area (Å²) in [6.45, 7) is 3.60. The van der Waals surface area contributed by atoms with Gasteiger partial charge in [-0.05, 0) is 54.0 Å². The Labute approximate surface area is 205 Å². The van der Waals surface area contributed by atoms with Gasteiger partial charge in [-0.25, -0.2) is 0 Å². The summed E-state index contributed by atoms with van der Waals surface area (Å²) in [7, 11) is 4.84. The Balaban J connectivity index is 1.30. The molecule has 0 aliphatic carbocycles. The summed E-state index contributed by atoms with van der Waals surface area (Å²) in [6, 6.07) is 15.1. The zero-order valence-corrected chi connectivity index (χ0v) is 20.9. The van der Waals surface area contributed by atoms with E-state index in [0.29, 0.717) is 36.1 Å². The van der Waals surface area contributed by atoms with Crippen LogP contribution in [0.1, 0.15) is 29.7 Å². The molecule has 0 bridgehead atoms. The fourth-order valence-corrected chi connectivity index (χ4v) is 6.64. The highest BCUT2D eigenvalue weighted by Gasteiger charge is 2.39. The van der Waals surface area contributed by atoms with Crippen LogP contribution in [0.3, 0.4) is 0 Å². The van der Waals surface area contributed by atoms with Crippen LogP contribution in [0.15, 0.2) is 42.5 Å². The lowest BCUT2D eigenvalue weighted by molar-refractivity contribution is -0.142. The number of hydrogen-bond acceptors (Lipinski definition) is 6. The number of thiophene rings is 1. The van der Waals surface area contributed by atoms with Crippen LogP contribution in [-0.4, -0.2) is 56.2 Å². The van der Waals surface area contributed by atoms with Crippen molar-refractivity contribution in [2.75, 3.05) is 34.4 Å². The molecule has 0 N–H and O–H groups in total. The minimum Gasteiger partial charge on any atom is -0.493 e. The van der Waals surface area contributed by atoms with Crippen LogP contribution >= 0.6 is 11.3 Å². The molecule has 2 aliphatic rings. The molecule has 6 nitrogen and oxygen atoms in total. The summed E-state index contributed by atoms with van der Waals surface area (Å²) in [5.74, 6) is 2.56. The third kappa shape index (κ3) is 4.46. The molecule has 180 valence electrons. The first-order chi connectivity index (χ1) is 16.6. The number of rotatable bonds is 7. The highest BCUT2D eigenvalue weighted by molar-refractivity contribution is 7.19. The molecule has 2 saturated heterocycles. The van der Waals surface area contributed by atoms with Gasteiger partial charge in [-0.3, -0.25) is 9.69 Å². The second kappa shape index (κ2) is 9.84. The Morgan fingerprint density at radius 2 is 1.74 bits per heavy atom. The van der Waals surface area contributed by atoms with Crippen molar-refractivity contribution in [1.82, 2.24) is 9.80 Å². The van der Waals surface area contributed by atoms with Crippen molar-refractivity contribution < 1.29 is 19.0 Å². The van der Waals surface area contributed by atoms with Gasteiger partial charge in [0.25, 0.3) is 0 Å². The van der Waals surface area contributed by atoms with E-state index in [4.69, 9.17) is 14.2 Å². The third-order valence-electron chi connectivity index (χ3n) is 7.16. The molecule has 2 atom stereocenters. The van der Waals surface area contributed by atoms with Crippen molar-refractivity contribution in [2.24, 2.45) is 5.92 Å². The Bertz CT molecular complexity index is 1120. The standard InChI is InChI=1S/C27H32N2O4S/c1-31-23-12-18(13-24(32-2)27(23)33-3)15-29-22-10-11-28(16-20(22)8-9-26(29)30)17-21-14-19-6-4-5-7-25(19)34-21/h4-7,12-14,20,22H,8-11,15-17H2,1-3H3/t20-,22+/m1/s1. The molecule has 7 heteroatoms. The average Bonchev–Trinajstić information content (AvgIpc) is 3.27. The number of carbonyl (C=O) groups excluding carboxylic acids is 1. The summed E-state index contributed by atoms with van der Waals surface area (Å²) in [6.07, 6.45) is 2.59. The fraction of sp³-hybridized carbons (Fsp3) is 0.444. The van der Waals surface area contributed by atoms with Crippen molar-refractivity contribution in [1.29, 1.82) is 0 Å². The quantitative estimate of drug-likeness (QED) is 0.479. The second-order valence-electron chi connectivity index (χ2n) is 9.20. The maximum absolute atomic E-state index is 13.0. The number of likely N-dealkylation sites (tertiary alicyclic amines) is 2. The molecule has 1 amide bonds. The van der Waals surface area contributed by atoms with E-state index in [2.05, 4.69) is 40.1 Å². The van der Waals surface area contributed by atoms with Crippen LogP contribution in [-0.2, 0) is 17.9 Å². The fourth-order valence-electron chi connectivity index (χ4n) is 5.53. The molecule has 3 heterocycles. The number of amides is 1. The molecular weight excluding hydrogens is 448 g/mol. The van der Waals surface area contributed by atoms with Gasteiger partial charge in [0.1, 0.15) is 0 Å². The van der Waals surface area contributed by atoms with E-state index in [-0.39, 0.29) is 11.9 Å². The number of hydrogen-bond donors (Lipinski definition) is 0. The highest BCUT2D eigenvalue weighted by Crippen LogP contribution is 2.40. The largest absolute Gasteiger partial charge is 0.493 e. The Morgan fingerprint density at radius 1 is 0.971 bits per heavy atom. The van der Waals surface area contributed by atoms with Gasteiger partial charge < -0.3 is 19.1 Å². The molecule has 0 saturated carbocycles. The lowest BCUT2D eigenvalue weighted by Crippen LogP contribution is -2.55.